The Morgan fingerprint density at radius 3 is 2.56 bits per heavy atom. The highest BCUT2D eigenvalue weighted by Crippen LogP contribution is 2.25. The molecule has 1 aromatic heterocycles. The summed E-state index contributed by atoms with van der Waals surface area (Å²) in [4.78, 5) is 34.6. The molecule has 0 radical (unpaired) electrons. The minimum atomic E-state index is -0.480. The zero-order valence-corrected chi connectivity index (χ0v) is 14.2. The number of nitrogens with one attached hydrogen (secondary N) is 2. The Bertz CT molecular complexity index is 731. The van der Waals surface area contributed by atoms with Crippen LogP contribution in [0.2, 0.25) is 0 Å². The maximum Gasteiger partial charge on any atom is 0.269 e. The summed E-state index contributed by atoms with van der Waals surface area (Å²) in [6, 6.07) is 9.40. The van der Waals surface area contributed by atoms with E-state index < -0.39 is 10.2 Å². The molecule has 9 heteroatoms. The third-order valence-electron chi connectivity index (χ3n) is 3.19. The number of carbonyl (C=O) groups excluding carboxylic acids is 2. The van der Waals surface area contributed by atoms with Crippen LogP contribution in [0.4, 0.5) is 5.69 Å². The van der Waals surface area contributed by atoms with E-state index in [0.29, 0.717) is 5.76 Å². The number of benzene rings is 1. The molecule has 0 spiro atoms. The van der Waals surface area contributed by atoms with Gasteiger partial charge in [0.1, 0.15) is 5.76 Å². The molecule has 0 bridgehead atoms. The number of amides is 2. The Kier molecular flexibility index (Phi) is 6.58. The number of hydrogen-bond donors (Lipinski definition) is 2. The van der Waals surface area contributed by atoms with Crippen LogP contribution in [0.15, 0.2) is 52.0 Å². The van der Waals surface area contributed by atoms with Gasteiger partial charge in [0.2, 0.25) is 11.8 Å². The van der Waals surface area contributed by atoms with Crippen LogP contribution in [-0.4, -0.2) is 28.5 Å². The van der Waals surface area contributed by atoms with E-state index in [9.17, 15) is 19.7 Å². The Balaban J connectivity index is 1.73. The number of carbonyl (C=O) groups is 2. The quantitative estimate of drug-likeness (QED) is 0.422. The Morgan fingerprint density at radius 2 is 1.96 bits per heavy atom. The van der Waals surface area contributed by atoms with Crippen LogP contribution in [0.1, 0.15) is 12.7 Å². The minimum absolute atomic E-state index is 0.00492. The van der Waals surface area contributed by atoms with Gasteiger partial charge in [-0.1, -0.05) is 0 Å². The molecule has 0 aliphatic rings. The zero-order valence-electron chi connectivity index (χ0n) is 13.4. The van der Waals surface area contributed by atoms with Gasteiger partial charge in [-0.25, -0.2) is 0 Å². The topological polar surface area (TPSA) is 114 Å². The van der Waals surface area contributed by atoms with Gasteiger partial charge < -0.3 is 15.1 Å². The van der Waals surface area contributed by atoms with E-state index in [2.05, 4.69) is 10.6 Å². The third kappa shape index (κ3) is 5.96. The molecule has 25 heavy (non-hydrogen) atoms. The maximum absolute atomic E-state index is 12.0. The van der Waals surface area contributed by atoms with E-state index >= 15 is 0 Å². The van der Waals surface area contributed by atoms with E-state index in [1.54, 1.807) is 31.2 Å². The van der Waals surface area contributed by atoms with Gasteiger partial charge in [0.05, 0.1) is 29.5 Å². The van der Waals surface area contributed by atoms with Gasteiger partial charge in [-0.2, -0.15) is 0 Å². The first kappa shape index (κ1) is 18.5. The Labute approximate surface area is 148 Å². The molecule has 0 fully saturated rings. The summed E-state index contributed by atoms with van der Waals surface area (Å²) >= 11 is 1.25. The SMILES string of the molecule is CC(Sc1ccc([N+](=O)[O-])cc1)C(=O)NCC(=O)NCc1ccco1. The number of nitrogens with zero attached hydrogens (tertiary/aromatic N) is 1. The second kappa shape index (κ2) is 8.88. The highest BCUT2D eigenvalue weighted by Gasteiger charge is 2.16. The number of rotatable bonds is 8. The van der Waals surface area contributed by atoms with Crippen LogP contribution in [0, 0.1) is 10.1 Å². The molecule has 1 aromatic carbocycles. The summed E-state index contributed by atoms with van der Waals surface area (Å²) < 4.78 is 5.09. The van der Waals surface area contributed by atoms with Crippen LogP contribution < -0.4 is 10.6 Å². The van der Waals surface area contributed by atoms with E-state index in [-0.39, 0.29) is 30.6 Å². The summed E-state index contributed by atoms with van der Waals surface area (Å²) in [5, 5.41) is 15.3. The zero-order chi connectivity index (χ0) is 18.2. The molecule has 2 aromatic rings. The van der Waals surface area contributed by atoms with Gasteiger partial charge in [0.25, 0.3) is 5.69 Å². The van der Waals surface area contributed by atoms with Crippen molar-refractivity contribution in [3.8, 4) is 0 Å². The Morgan fingerprint density at radius 1 is 1.24 bits per heavy atom. The highest BCUT2D eigenvalue weighted by molar-refractivity contribution is 8.00. The van der Waals surface area contributed by atoms with Crippen molar-refractivity contribution in [3.05, 3.63) is 58.5 Å². The van der Waals surface area contributed by atoms with Gasteiger partial charge in [-0.3, -0.25) is 19.7 Å². The van der Waals surface area contributed by atoms with Crippen molar-refractivity contribution in [2.24, 2.45) is 0 Å². The molecule has 2 rings (SSSR count). The lowest BCUT2D eigenvalue weighted by Gasteiger charge is -2.12. The first-order chi connectivity index (χ1) is 12.0. The van der Waals surface area contributed by atoms with Gasteiger partial charge in [0, 0.05) is 17.0 Å². The second-order valence-corrected chi connectivity index (χ2v) is 6.50. The minimum Gasteiger partial charge on any atom is -0.467 e. The largest absolute Gasteiger partial charge is 0.467 e. The average molecular weight is 363 g/mol. The van der Waals surface area contributed by atoms with Gasteiger partial charge in [-0.05, 0) is 31.2 Å². The average Bonchev–Trinajstić information content (AvgIpc) is 3.11. The molecule has 0 aliphatic heterocycles. The predicted molar refractivity (Wildman–Crippen MR) is 92.0 cm³/mol. The summed E-state index contributed by atoms with van der Waals surface area (Å²) in [7, 11) is 0. The molecular weight excluding hydrogens is 346 g/mol. The van der Waals surface area contributed by atoms with Crippen molar-refractivity contribution >= 4 is 29.3 Å². The van der Waals surface area contributed by atoms with Crippen molar-refractivity contribution in [1.29, 1.82) is 0 Å². The molecular formula is C16H17N3O5S. The van der Waals surface area contributed by atoms with Gasteiger partial charge in [0.15, 0.2) is 0 Å². The number of nitro groups is 1. The fraction of sp³-hybridized carbons (Fsp3) is 0.250. The van der Waals surface area contributed by atoms with Crippen molar-refractivity contribution < 1.29 is 18.9 Å². The van der Waals surface area contributed by atoms with Crippen molar-refractivity contribution in [1.82, 2.24) is 10.6 Å². The Hall–Kier alpha value is -2.81. The second-order valence-electron chi connectivity index (χ2n) is 5.08. The monoisotopic (exact) mass is 363 g/mol. The third-order valence-corrected chi connectivity index (χ3v) is 4.30. The molecule has 0 saturated heterocycles. The lowest BCUT2D eigenvalue weighted by molar-refractivity contribution is -0.384. The van der Waals surface area contributed by atoms with Crippen LogP contribution in [0.3, 0.4) is 0 Å². The molecule has 1 heterocycles. The highest BCUT2D eigenvalue weighted by atomic mass is 32.2. The molecule has 0 aliphatic carbocycles. The first-order valence-electron chi connectivity index (χ1n) is 7.43. The van der Waals surface area contributed by atoms with E-state index in [1.165, 1.54) is 30.2 Å². The van der Waals surface area contributed by atoms with E-state index in [0.717, 1.165) is 4.90 Å². The normalized spacial score (nSPS) is 11.6. The lowest BCUT2D eigenvalue weighted by Crippen LogP contribution is -2.39. The lowest BCUT2D eigenvalue weighted by atomic mass is 10.3. The molecule has 132 valence electrons. The van der Waals surface area contributed by atoms with Crippen LogP contribution in [0.5, 0.6) is 0 Å². The van der Waals surface area contributed by atoms with Crippen LogP contribution in [-0.2, 0) is 16.1 Å². The number of furan rings is 1. The fourth-order valence-corrected chi connectivity index (χ4v) is 2.77. The molecule has 8 nitrogen and oxygen atoms in total. The number of nitro benzene ring substituents is 1. The van der Waals surface area contributed by atoms with Crippen molar-refractivity contribution in [3.63, 3.8) is 0 Å². The molecule has 2 N–H and O–H groups in total. The summed E-state index contributed by atoms with van der Waals surface area (Å²) in [6.45, 7) is 1.82. The van der Waals surface area contributed by atoms with Crippen LogP contribution >= 0.6 is 11.8 Å². The molecule has 2 amide bonds. The van der Waals surface area contributed by atoms with E-state index in [1.807, 2.05) is 0 Å². The smallest absolute Gasteiger partial charge is 0.269 e. The van der Waals surface area contributed by atoms with Gasteiger partial charge >= 0.3 is 0 Å². The first-order valence-corrected chi connectivity index (χ1v) is 8.31. The van der Waals surface area contributed by atoms with Crippen molar-refractivity contribution in [2.45, 2.75) is 23.6 Å². The summed E-state index contributed by atoms with van der Waals surface area (Å²) in [6.07, 6.45) is 1.51. The van der Waals surface area contributed by atoms with E-state index in [4.69, 9.17) is 4.42 Å². The number of non-ortho nitro benzene ring substituents is 1. The summed E-state index contributed by atoms with van der Waals surface area (Å²) in [5.41, 5.74) is -0.00492. The predicted octanol–water partition coefficient (Wildman–Crippen LogP) is 2.10. The standard InChI is InChI=1S/C16H17N3O5S/c1-11(25-14-6-4-12(5-7-14)19(22)23)16(21)18-10-15(20)17-9-13-3-2-8-24-13/h2-8,11H,9-10H2,1H3,(H,17,20)(H,18,21). The number of thioether (sulfide) groups is 1. The number of hydrogen-bond acceptors (Lipinski definition) is 6. The summed E-state index contributed by atoms with van der Waals surface area (Å²) in [5.74, 6) is 0.00978. The molecule has 1 unspecified atom stereocenters. The van der Waals surface area contributed by atoms with Crippen molar-refractivity contribution in [2.75, 3.05) is 6.54 Å². The molecule has 0 saturated carbocycles. The molecule has 1 atom stereocenters. The van der Waals surface area contributed by atoms with Gasteiger partial charge in [-0.15, -0.1) is 11.8 Å². The fourth-order valence-electron chi connectivity index (χ4n) is 1.88. The maximum atomic E-state index is 12.0. The van der Waals surface area contributed by atoms with Crippen LogP contribution in [0.25, 0.3) is 0 Å².